The summed E-state index contributed by atoms with van der Waals surface area (Å²) in [5.74, 6) is 3.22. The number of rotatable bonds is 3. The van der Waals surface area contributed by atoms with E-state index >= 15 is 0 Å². The fraction of sp³-hybridized carbons (Fsp3) is 0.500. The van der Waals surface area contributed by atoms with Gasteiger partial charge < -0.3 is 5.32 Å². The first-order valence-corrected chi connectivity index (χ1v) is 11.7. The van der Waals surface area contributed by atoms with Gasteiger partial charge in [-0.3, -0.25) is 9.48 Å². The van der Waals surface area contributed by atoms with Gasteiger partial charge in [-0.05, 0) is 80.2 Å². The number of benzene rings is 1. The molecule has 4 nitrogen and oxygen atoms in total. The van der Waals surface area contributed by atoms with E-state index < -0.39 is 0 Å². The van der Waals surface area contributed by atoms with Crippen LogP contribution in [0.1, 0.15) is 48.2 Å². The first-order chi connectivity index (χ1) is 14.1. The van der Waals surface area contributed by atoms with E-state index in [9.17, 15) is 4.79 Å². The third-order valence-electron chi connectivity index (χ3n) is 7.68. The highest BCUT2D eigenvalue weighted by molar-refractivity contribution is 7.22. The van der Waals surface area contributed by atoms with Crippen molar-refractivity contribution < 1.29 is 4.79 Å². The van der Waals surface area contributed by atoms with E-state index in [0.717, 1.165) is 23.1 Å². The minimum absolute atomic E-state index is 0.0166. The molecule has 0 radical (unpaired) electrons. The van der Waals surface area contributed by atoms with Crippen LogP contribution in [0.2, 0.25) is 0 Å². The fourth-order valence-electron chi connectivity index (χ4n) is 6.67. The molecule has 0 unspecified atom stereocenters. The zero-order chi connectivity index (χ0) is 19.7. The summed E-state index contributed by atoms with van der Waals surface area (Å²) in [4.78, 5) is 14.4. The van der Waals surface area contributed by atoms with Crippen LogP contribution in [0.5, 0.6) is 0 Å². The molecule has 150 valence electrons. The lowest BCUT2D eigenvalue weighted by Crippen LogP contribution is -2.55. The van der Waals surface area contributed by atoms with Crippen LogP contribution in [0, 0.1) is 30.6 Å². The van der Waals surface area contributed by atoms with Gasteiger partial charge in [-0.25, -0.2) is 0 Å². The van der Waals surface area contributed by atoms with Crippen LogP contribution >= 0.6 is 11.3 Å². The monoisotopic (exact) mass is 405 g/mol. The Balaban J connectivity index is 1.29. The molecule has 0 aliphatic heterocycles. The molecule has 5 heteroatoms. The highest BCUT2D eigenvalue weighted by atomic mass is 32.1. The maximum absolute atomic E-state index is 13.2. The van der Waals surface area contributed by atoms with Crippen molar-refractivity contribution in [2.24, 2.45) is 30.7 Å². The molecular weight excluding hydrogens is 378 g/mol. The number of carbonyl (C=O) groups excluding carboxylic acids is 1. The van der Waals surface area contributed by atoms with Crippen LogP contribution < -0.4 is 5.32 Å². The van der Waals surface area contributed by atoms with Crippen LogP contribution in [0.25, 0.3) is 20.7 Å². The quantitative estimate of drug-likeness (QED) is 0.654. The number of nitrogens with one attached hydrogen (secondary N) is 1. The third kappa shape index (κ3) is 2.77. The van der Waals surface area contributed by atoms with E-state index in [2.05, 4.69) is 40.7 Å². The minimum Gasteiger partial charge on any atom is -0.347 e. The highest BCUT2D eigenvalue weighted by Crippen LogP contribution is 2.53. The number of aromatic nitrogens is 2. The van der Waals surface area contributed by atoms with Gasteiger partial charge in [-0.15, -0.1) is 11.3 Å². The summed E-state index contributed by atoms with van der Waals surface area (Å²) in [6.45, 7) is 2.04. The molecule has 4 fully saturated rings. The van der Waals surface area contributed by atoms with Crippen molar-refractivity contribution in [3.8, 4) is 10.6 Å². The Morgan fingerprint density at radius 1 is 1.10 bits per heavy atom. The SMILES string of the molecule is Cc1c(C(=O)NC2C3CC4CC(C3)CC2C4)nn(C)c1-c1cc2ccccc2s1. The summed E-state index contributed by atoms with van der Waals surface area (Å²) in [7, 11) is 1.95. The Hall–Kier alpha value is -2.14. The number of fused-ring (bicyclic) bond motifs is 1. The zero-order valence-electron chi connectivity index (χ0n) is 17.0. The highest BCUT2D eigenvalue weighted by Gasteiger charge is 2.48. The number of carbonyl (C=O) groups is 1. The lowest BCUT2D eigenvalue weighted by Gasteiger charge is -2.54. The molecule has 0 saturated heterocycles. The Morgan fingerprint density at radius 3 is 2.48 bits per heavy atom. The molecule has 29 heavy (non-hydrogen) atoms. The van der Waals surface area contributed by atoms with Crippen molar-refractivity contribution >= 4 is 27.3 Å². The second kappa shape index (κ2) is 6.43. The Kier molecular flexibility index (Phi) is 3.92. The molecule has 4 saturated carbocycles. The lowest BCUT2D eigenvalue weighted by molar-refractivity contribution is -0.0120. The second-order valence-electron chi connectivity index (χ2n) is 9.52. The lowest BCUT2D eigenvalue weighted by atomic mass is 9.54. The van der Waals surface area contributed by atoms with Gasteiger partial charge in [0, 0.05) is 23.4 Å². The van der Waals surface area contributed by atoms with Crippen LogP contribution in [0.3, 0.4) is 0 Å². The predicted octanol–water partition coefficient (Wildman–Crippen LogP) is 5.16. The molecule has 2 heterocycles. The van der Waals surface area contributed by atoms with Crippen molar-refractivity contribution in [3.63, 3.8) is 0 Å². The smallest absolute Gasteiger partial charge is 0.272 e. The average molecular weight is 406 g/mol. The van der Waals surface area contributed by atoms with E-state index in [-0.39, 0.29) is 5.91 Å². The standard InChI is InChI=1S/C24H27N3OS/c1-13-21(24(28)25-22-17-8-14-7-15(10-17)11-18(22)9-14)26-27(2)23(13)20-12-16-5-3-4-6-19(16)29-20/h3-6,12,14-15,17-18,22H,7-11H2,1-2H3,(H,25,28). The molecule has 7 rings (SSSR count). The average Bonchev–Trinajstić information content (AvgIpc) is 3.24. The van der Waals surface area contributed by atoms with Crippen molar-refractivity contribution in [3.05, 3.63) is 41.6 Å². The molecule has 1 amide bonds. The maximum atomic E-state index is 13.2. The number of amides is 1. The number of thiophene rings is 1. The van der Waals surface area contributed by atoms with Crippen molar-refractivity contribution in [1.82, 2.24) is 15.1 Å². The molecule has 0 spiro atoms. The molecule has 1 aromatic carbocycles. The van der Waals surface area contributed by atoms with E-state index in [1.807, 2.05) is 18.7 Å². The molecule has 1 N–H and O–H groups in total. The summed E-state index contributed by atoms with van der Waals surface area (Å²) in [5.41, 5.74) is 2.63. The van der Waals surface area contributed by atoms with Gasteiger partial charge in [0.1, 0.15) is 0 Å². The van der Waals surface area contributed by atoms with Crippen LogP contribution in [0.15, 0.2) is 30.3 Å². The Labute approximate surface area is 175 Å². The molecule has 0 atom stereocenters. The zero-order valence-corrected chi connectivity index (χ0v) is 17.8. The van der Waals surface area contributed by atoms with Gasteiger partial charge in [0.25, 0.3) is 5.91 Å². The van der Waals surface area contributed by atoms with E-state index in [1.54, 1.807) is 11.3 Å². The molecule has 4 bridgehead atoms. The van der Waals surface area contributed by atoms with E-state index in [1.165, 1.54) is 47.1 Å². The van der Waals surface area contributed by atoms with Gasteiger partial charge in [-0.1, -0.05) is 18.2 Å². The first kappa shape index (κ1) is 17.7. The number of nitrogens with zero attached hydrogens (tertiary/aromatic N) is 2. The van der Waals surface area contributed by atoms with E-state index in [0.29, 0.717) is 23.6 Å². The third-order valence-corrected chi connectivity index (χ3v) is 8.81. The number of hydrogen-bond acceptors (Lipinski definition) is 3. The molecular formula is C24H27N3OS. The summed E-state index contributed by atoms with van der Waals surface area (Å²) in [6.07, 6.45) is 6.68. The summed E-state index contributed by atoms with van der Waals surface area (Å²) < 4.78 is 3.15. The van der Waals surface area contributed by atoms with Crippen LogP contribution in [-0.4, -0.2) is 21.7 Å². The van der Waals surface area contributed by atoms with Crippen LogP contribution in [0.4, 0.5) is 0 Å². The van der Waals surface area contributed by atoms with Gasteiger partial charge >= 0.3 is 0 Å². The number of aryl methyl sites for hydroxylation is 1. The minimum atomic E-state index is 0.0166. The Morgan fingerprint density at radius 2 is 1.79 bits per heavy atom. The maximum Gasteiger partial charge on any atom is 0.272 e. The fourth-order valence-corrected chi connectivity index (χ4v) is 7.87. The molecule has 4 aliphatic carbocycles. The van der Waals surface area contributed by atoms with Gasteiger partial charge in [0.2, 0.25) is 0 Å². The molecule has 2 aromatic heterocycles. The topological polar surface area (TPSA) is 46.9 Å². The first-order valence-electron chi connectivity index (χ1n) is 10.9. The van der Waals surface area contributed by atoms with Gasteiger partial charge in [0.15, 0.2) is 5.69 Å². The largest absolute Gasteiger partial charge is 0.347 e. The van der Waals surface area contributed by atoms with E-state index in [4.69, 9.17) is 0 Å². The van der Waals surface area contributed by atoms with Crippen molar-refractivity contribution in [1.29, 1.82) is 0 Å². The summed E-state index contributed by atoms with van der Waals surface area (Å²) in [6, 6.07) is 11.0. The van der Waals surface area contributed by atoms with Gasteiger partial charge in [0.05, 0.1) is 10.6 Å². The van der Waals surface area contributed by atoms with Crippen LogP contribution in [-0.2, 0) is 7.05 Å². The number of hydrogen-bond donors (Lipinski definition) is 1. The Bertz CT molecular complexity index is 1050. The predicted molar refractivity (Wildman–Crippen MR) is 117 cm³/mol. The van der Waals surface area contributed by atoms with Crippen molar-refractivity contribution in [2.45, 2.75) is 45.1 Å². The summed E-state index contributed by atoms with van der Waals surface area (Å²) in [5, 5.41) is 9.32. The summed E-state index contributed by atoms with van der Waals surface area (Å²) >= 11 is 1.77. The van der Waals surface area contributed by atoms with Gasteiger partial charge in [-0.2, -0.15) is 5.10 Å². The normalized spacial score (nSPS) is 30.2. The van der Waals surface area contributed by atoms with Crippen molar-refractivity contribution in [2.75, 3.05) is 0 Å². The molecule has 3 aromatic rings. The molecule has 4 aliphatic rings. The second-order valence-corrected chi connectivity index (χ2v) is 10.6.